The molecule has 6 heteroatoms. The van der Waals surface area contributed by atoms with Gasteiger partial charge in [0.25, 0.3) is 0 Å². The quantitative estimate of drug-likeness (QED) is 0.150. The fourth-order valence-electron chi connectivity index (χ4n) is 4.57. The van der Waals surface area contributed by atoms with Crippen molar-refractivity contribution in [1.29, 1.82) is 0 Å². The summed E-state index contributed by atoms with van der Waals surface area (Å²) in [4.78, 5) is 14.9. The third-order valence-corrected chi connectivity index (χ3v) is 6.69. The number of hydrogen-bond acceptors (Lipinski definition) is 5. The largest absolute Gasteiger partial charge is 0.479 e. The number of aliphatic imine (C=N–C) groups is 2. The van der Waals surface area contributed by atoms with Crippen LogP contribution in [0.3, 0.4) is 0 Å². The van der Waals surface area contributed by atoms with E-state index in [1.54, 1.807) is 14.2 Å². The van der Waals surface area contributed by atoms with Crippen LogP contribution in [0.4, 0.5) is 11.4 Å². The number of methoxy groups -OCH3 is 2. The van der Waals surface area contributed by atoms with E-state index in [4.69, 9.17) is 24.4 Å². The molecule has 0 bridgehead atoms. The number of nitrogens with zero attached hydrogens (tertiary/aromatic N) is 3. The fraction of sp³-hybridized carbons (Fsp3) is 0.412. The van der Waals surface area contributed by atoms with Crippen molar-refractivity contribution in [3.05, 3.63) is 95.7 Å². The van der Waals surface area contributed by atoms with Crippen LogP contribution in [0.25, 0.3) is 0 Å². The van der Waals surface area contributed by atoms with Gasteiger partial charge >= 0.3 is 0 Å². The van der Waals surface area contributed by atoms with Gasteiger partial charge in [0.05, 0.1) is 25.6 Å². The summed E-state index contributed by atoms with van der Waals surface area (Å²) in [6.07, 6.45) is 0. The van der Waals surface area contributed by atoms with E-state index >= 15 is 0 Å². The molecule has 0 saturated heterocycles. The monoisotopic (exact) mass is 587 g/mol. The Morgan fingerprint density at radius 3 is 1.07 bits per heavy atom. The Labute approximate surface area is 252 Å². The van der Waals surface area contributed by atoms with Crippen LogP contribution >= 0.6 is 0 Å². The number of rotatable bonds is 8. The predicted octanol–water partition coefficient (Wildman–Crippen LogP) is 9.47. The van der Waals surface area contributed by atoms with Gasteiger partial charge in [-0.2, -0.15) is 0 Å². The minimum Gasteiger partial charge on any atom is -0.479 e. The van der Waals surface area contributed by atoms with Gasteiger partial charge in [0.1, 0.15) is 11.4 Å². The molecular weight excluding hydrogens is 541 g/mol. The van der Waals surface area contributed by atoms with Gasteiger partial charge in [-0.3, -0.25) is 0 Å². The third kappa shape index (κ3) is 8.04. The van der Waals surface area contributed by atoms with Crippen LogP contribution in [0.2, 0.25) is 0 Å². The molecular formula is C34H46CoN3O2-. The molecule has 40 heavy (non-hydrogen) atoms. The Bertz CT molecular complexity index is 1160. The zero-order valence-corrected chi connectivity index (χ0v) is 27.0. The first kappa shape index (κ1) is 35.1. The molecule has 2 aromatic carbocycles. The van der Waals surface area contributed by atoms with Crippen molar-refractivity contribution in [2.45, 2.75) is 79.1 Å². The van der Waals surface area contributed by atoms with Crippen LogP contribution in [0.5, 0.6) is 0 Å². The summed E-state index contributed by atoms with van der Waals surface area (Å²) in [5.41, 5.74) is 7.91. The van der Waals surface area contributed by atoms with Crippen LogP contribution in [-0.2, 0) is 26.3 Å². The zero-order valence-electron chi connectivity index (χ0n) is 26.0. The van der Waals surface area contributed by atoms with Crippen LogP contribution in [0.1, 0.15) is 113 Å². The average molecular weight is 588 g/mol. The summed E-state index contributed by atoms with van der Waals surface area (Å²) in [5.74, 6) is 2.23. The van der Waals surface area contributed by atoms with Crippen molar-refractivity contribution in [2.75, 3.05) is 14.2 Å². The maximum absolute atomic E-state index is 5.80. The topological polar surface area (TPSA) is 56.1 Å². The van der Waals surface area contributed by atoms with Crippen molar-refractivity contribution < 1.29 is 26.3 Å². The number of benzene rings is 2. The van der Waals surface area contributed by atoms with E-state index in [1.165, 1.54) is 22.3 Å². The molecule has 1 radical (unpaired) electrons. The molecule has 0 aliphatic rings. The summed E-state index contributed by atoms with van der Waals surface area (Å²) >= 11 is 0. The number of pyridine rings is 1. The van der Waals surface area contributed by atoms with Gasteiger partial charge < -0.3 is 16.9 Å². The first-order chi connectivity index (χ1) is 18.1. The molecule has 219 valence electrons. The summed E-state index contributed by atoms with van der Waals surface area (Å²) in [5, 5.41) is 0. The number of para-hydroxylation sites is 2. The summed E-state index contributed by atoms with van der Waals surface area (Å²) in [6.45, 7) is 17.5. The van der Waals surface area contributed by atoms with Crippen LogP contribution in [0.15, 0.2) is 64.6 Å². The van der Waals surface area contributed by atoms with Gasteiger partial charge in [-0.15, -0.1) is 0 Å². The van der Waals surface area contributed by atoms with E-state index in [0.29, 0.717) is 46.9 Å². The maximum atomic E-state index is 5.80. The standard InChI is InChI=1S/C33H43N3O2.CH3.Co/c1-20(2)24-14-11-15-25(21(3)4)30(24)35-32(37-9)28-18-13-19-29(34-28)33(38-10)36-31-26(22(5)6)16-12-17-27(31)23(7)8;;/h11-23H,1-10H3;1H3;/q;-1;. The Morgan fingerprint density at radius 2 is 0.825 bits per heavy atom. The Kier molecular flexibility index (Phi) is 13.8. The first-order valence-electron chi connectivity index (χ1n) is 13.6. The van der Waals surface area contributed by atoms with Crippen molar-refractivity contribution in [1.82, 2.24) is 4.98 Å². The van der Waals surface area contributed by atoms with Crippen LogP contribution < -0.4 is 0 Å². The Hall–Kier alpha value is -2.96. The van der Waals surface area contributed by atoms with Gasteiger partial charge in [0, 0.05) is 16.8 Å². The normalized spacial score (nSPS) is 12.1. The Morgan fingerprint density at radius 1 is 0.550 bits per heavy atom. The van der Waals surface area contributed by atoms with Crippen molar-refractivity contribution in [3.63, 3.8) is 0 Å². The van der Waals surface area contributed by atoms with Gasteiger partial charge in [-0.25, -0.2) is 15.0 Å². The van der Waals surface area contributed by atoms with Crippen molar-refractivity contribution >= 4 is 23.2 Å². The van der Waals surface area contributed by atoms with E-state index in [-0.39, 0.29) is 24.2 Å². The van der Waals surface area contributed by atoms with E-state index in [0.717, 1.165) is 11.4 Å². The number of hydrogen-bond donors (Lipinski definition) is 0. The van der Waals surface area contributed by atoms with Crippen molar-refractivity contribution in [2.24, 2.45) is 9.98 Å². The van der Waals surface area contributed by atoms with E-state index in [1.807, 2.05) is 18.2 Å². The summed E-state index contributed by atoms with van der Waals surface area (Å²) < 4.78 is 11.6. The fourth-order valence-corrected chi connectivity index (χ4v) is 4.57. The molecule has 1 heterocycles. The smallest absolute Gasteiger partial charge is 0.240 e. The SMILES string of the molecule is COC(=Nc1c(C(C)C)cccc1C(C)C)c1cccc(C(=Nc2c(C(C)C)cccc2C(C)C)OC)n1.[CH3-].[Co]. The predicted molar refractivity (Wildman–Crippen MR) is 166 cm³/mol. The minimum atomic E-state index is 0. The van der Waals surface area contributed by atoms with Gasteiger partial charge in [0.2, 0.25) is 11.8 Å². The summed E-state index contributed by atoms with van der Waals surface area (Å²) in [6, 6.07) is 18.5. The zero-order chi connectivity index (χ0) is 28.0. The van der Waals surface area contributed by atoms with E-state index < -0.39 is 0 Å². The average Bonchev–Trinajstić information content (AvgIpc) is 2.89. The molecule has 0 N–H and O–H groups in total. The second kappa shape index (κ2) is 15.7. The molecule has 0 aliphatic heterocycles. The molecule has 0 spiro atoms. The summed E-state index contributed by atoms with van der Waals surface area (Å²) in [7, 11) is 3.28. The number of ether oxygens (including phenoxy) is 2. The molecule has 0 unspecified atom stereocenters. The van der Waals surface area contributed by atoms with E-state index in [2.05, 4.69) is 91.8 Å². The molecule has 0 atom stereocenters. The van der Waals surface area contributed by atoms with Crippen LogP contribution in [0, 0.1) is 7.43 Å². The molecule has 5 nitrogen and oxygen atoms in total. The van der Waals surface area contributed by atoms with E-state index in [9.17, 15) is 0 Å². The molecule has 3 aromatic rings. The number of aromatic nitrogens is 1. The first-order valence-corrected chi connectivity index (χ1v) is 13.6. The van der Waals surface area contributed by atoms with Gasteiger partial charge in [0.15, 0.2) is 0 Å². The maximum Gasteiger partial charge on any atom is 0.240 e. The molecule has 0 amide bonds. The third-order valence-electron chi connectivity index (χ3n) is 6.69. The molecule has 0 saturated carbocycles. The van der Waals surface area contributed by atoms with Crippen molar-refractivity contribution in [3.8, 4) is 0 Å². The second-order valence-electron chi connectivity index (χ2n) is 10.8. The molecule has 1 aromatic heterocycles. The molecule has 0 aliphatic carbocycles. The van der Waals surface area contributed by atoms with Crippen LogP contribution in [-0.4, -0.2) is 31.0 Å². The Balaban J connectivity index is 0.00000400. The second-order valence-corrected chi connectivity index (χ2v) is 10.8. The molecule has 0 fully saturated rings. The minimum absolute atomic E-state index is 0. The molecule has 3 rings (SSSR count). The van der Waals surface area contributed by atoms with Gasteiger partial charge in [-0.05, 0) is 58.1 Å². The van der Waals surface area contributed by atoms with Gasteiger partial charge in [-0.1, -0.05) is 97.9 Å².